The second kappa shape index (κ2) is 8.36. The predicted molar refractivity (Wildman–Crippen MR) is 150 cm³/mol. The number of benzene rings is 2. The average Bonchev–Trinajstić information content (AvgIpc) is 3.35. The third-order valence-corrected chi connectivity index (χ3v) is 9.40. The van der Waals surface area contributed by atoms with Gasteiger partial charge in [0.1, 0.15) is 0 Å². The SMILES string of the molecule is CCC(C)n1c2cc(B3OC(C)(C)C(C)(C)O3)ccc2c2ccc(B3OC(C)(C)C(C)(CC)O3)cc21. The van der Waals surface area contributed by atoms with E-state index >= 15 is 0 Å². The first kappa shape index (κ1) is 25.8. The molecule has 0 N–H and O–H groups in total. The van der Waals surface area contributed by atoms with Crippen molar-refractivity contribution in [2.75, 3.05) is 0 Å². The lowest BCUT2D eigenvalue weighted by Crippen LogP contribution is -2.44. The monoisotopic (exact) mass is 489 g/mol. The molecule has 5 rings (SSSR count). The first-order valence-corrected chi connectivity index (χ1v) is 13.5. The average molecular weight is 489 g/mol. The molecule has 0 spiro atoms. The maximum absolute atomic E-state index is 6.51. The molecule has 3 heterocycles. The lowest BCUT2D eigenvalue weighted by atomic mass is 9.78. The third-order valence-electron chi connectivity index (χ3n) is 9.40. The van der Waals surface area contributed by atoms with E-state index in [2.05, 4.69) is 110 Å². The fourth-order valence-corrected chi connectivity index (χ4v) is 5.45. The molecule has 5 nitrogen and oxygen atoms in total. The standard InChI is InChI=1S/C29H41B2NO4/c1-11-19(3)32-24-17-20(30-33-26(4,5)27(6,7)34-30)13-15-22(24)23-16-14-21(18-25(23)32)31-35-28(8,9)29(10,12-2)36-31/h13-19H,11-12H2,1-10H3. The Morgan fingerprint density at radius 3 is 1.56 bits per heavy atom. The molecule has 0 radical (unpaired) electrons. The van der Waals surface area contributed by atoms with Crippen molar-refractivity contribution in [2.24, 2.45) is 0 Å². The highest BCUT2D eigenvalue weighted by Crippen LogP contribution is 2.40. The smallest absolute Gasteiger partial charge is 0.399 e. The molecule has 0 saturated carbocycles. The van der Waals surface area contributed by atoms with Crippen LogP contribution in [-0.4, -0.2) is 41.2 Å². The zero-order valence-corrected chi connectivity index (χ0v) is 23.7. The molecule has 0 bridgehead atoms. The molecular weight excluding hydrogens is 448 g/mol. The molecule has 3 aromatic rings. The number of aromatic nitrogens is 1. The van der Waals surface area contributed by atoms with Crippen LogP contribution in [0.3, 0.4) is 0 Å². The molecule has 2 saturated heterocycles. The van der Waals surface area contributed by atoms with Gasteiger partial charge in [-0.2, -0.15) is 0 Å². The summed E-state index contributed by atoms with van der Waals surface area (Å²) in [7, 11) is -0.759. The molecule has 2 aliphatic heterocycles. The van der Waals surface area contributed by atoms with Crippen molar-refractivity contribution in [3.05, 3.63) is 36.4 Å². The van der Waals surface area contributed by atoms with Gasteiger partial charge in [0.25, 0.3) is 0 Å². The van der Waals surface area contributed by atoms with Gasteiger partial charge in [0.05, 0.1) is 22.4 Å². The first-order valence-electron chi connectivity index (χ1n) is 13.5. The summed E-state index contributed by atoms with van der Waals surface area (Å²) in [5.74, 6) is 0. The van der Waals surface area contributed by atoms with E-state index < -0.39 is 0 Å². The fraction of sp³-hybridized carbons (Fsp3) is 0.586. The van der Waals surface area contributed by atoms with Gasteiger partial charge < -0.3 is 23.2 Å². The highest BCUT2D eigenvalue weighted by molar-refractivity contribution is 6.63. The zero-order valence-electron chi connectivity index (χ0n) is 23.7. The van der Waals surface area contributed by atoms with Crippen LogP contribution in [0.15, 0.2) is 36.4 Å². The predicted octanol–water partition coefficient (Wildman–Crippen LogP) is 5.75. The summed E-state index contributed by atoms with van der Waals surface area (Å²) < 4.78 is 28.2. The minimum atomic E-state index is -0.382. The normalized spacial score (nSPS) is 25.8. The van der Waals surface area contributed by atoms with Gasteiger partial charge in [-0.25, -0.2) is 0 Å². The Morgan fingerprint density at radius 1 is 0.694 bits per heavy atom. The Balaban J connectivity index is 1.62. The minimum absolute atomic E-state index is 0.326. The number of nitrogens with zero attached hydrogens (tertiary/aromatic N) is 1. The summed E-state index contributed by atoms with van der Waals surface area (Å²) in [4.78, 5) is 0. The summed E-state index contributed by atoms with van der Waals surface area (Å²) in [6.07, 6.45) is 1.93. The first-order chi connectivity index (χ1) is 16.7. The molecule has 2 unspecified atom stereocenters. The number of fused-ring (bicyclic) bond motifs is 3. The molecule has 2 atom stereocenters. The molecule has 7 heteroatoms. The Kier molecular flexibility index (Phi) is 6.00. The van der Waals surface area contributed by atoms with Crippen LogP contribution in [0.1, 0.15) is 88.1 Å². The molecule has 1 aromatic heterocycles. The van der Waals surface area contributed by atoms with Gasteiger partial charge in [0.15, 0.2) is 0 Å². The van der Waals surface area contributed by atoms with Crippen LogP contribution in [0.2, 0.25) is 0 Å². The Morgan fingerprint density at radius 2 is 1.14 bits per heavy atom. The van der Waals surface area contributed by atoms with Crippen LogP contribution in [0, 0.1) is 0 Å². The summed E-state index contributed by atoms with van der Waals surface area (Å²) in [5.41, 5.74) is 3.10. The van der Waals surface area contributed by atoms with E-state index in [0.717, 1.165) is 23.8 Å². The Bertz CT molecular complexity index is 1300. The van der Waals surface area contributed by atoms with Gasteiger partial charge in [0, 0.05) is 27.8 Å². The second-order valence-electron chi connectivity index (χ2n) is 12.4. The number of hydrogen-bond acceptors (Lipinski definition) is 4. The van der Waals surface area contributed by atoms with E-state index in [1.165, 1.54) is 21.8 Å². The quantitative estimate of drug-likeness (QED) is 0.428. The van der Waals surface area contributed by atoms with Gasteiger partial charge in [-0.15, -0.1) is 0 Å². The lowest BCUT2D eigenvalue weighted by Gasteiger charge is -2.35. The molecule has 0 aliphatic carbocycles. The van der Waals surface area contributed by atoms with Crippen LogP contribution in [-0.2, 0) is 18.6 Å². The van der Waals surface area contributed by atoms with Gasteiger partial charge in [-0.05, 0) is 91.3 Å². The van der Waals surface area contributed by atoms with Crippen LogP contribution >= 0.6 is 0 Å². The van der Waals surface area contributed by atoms with Crippen molar-refractivity contribution < 1.29 is 18.6 Å². The summed E-state index contributed by atoms with van der Waals surface area (Å²) in [6, 6.07) is 13.6. The minimum Gasteiger partial charge on any atom is -0.399 e. The van der Waals surface area contributed by atoms with E-state index in [0.29, 0.717) is 6.04 Å². The van der Waals surface area contributed by atoms with Crippen LogP contribution in [0.25, 0.3) is 21.8 Å². The van der Waals surface area contributed by atoms with Crippen molar-refractivity contribution in [2.45, 2.75) is 111 Å². The molecule has 2 aromatic carbocycles. The van der Waals surface area contributed by atoms with E-state index in [1.54, 1.807) is 0 Å². The number of rotatable bonds is 5. The highest BCUT2D eigenvalue weighted by atomic mass is 16.7. The maximum Gasteiger partial charge on any atom is 0.494 e. The van der Waals surface area contributed by atoms with E-state index in [-0.39, 0.29) is 36.6 Å². The van der Waals surface area contributed by atoms with Gasteiger partial charge in [-0.3, -0.25) is 0 Å². The van der Waals surface area contributed by atoms with Gasteiger partial charge >= 0.3 is 14.2 Å². The molecular formula is C29H41B2NO4. The van der Waals surface area contributed by atoms with Gasteiger partial charge in [0.2, 0.25) is 0 Å². The van der Waals surface area contributed by atoms with E-state index in [4.69, 9.17) is 18.6 Å². The zero-order chi connectivity index (χ0) is 26.3. The topological polar surface area (TPSA) is 41.9 Å². The van der Waals surface area contributed by atoms with Crippen molar-refractivity contribution >= 4 is 47.0 Å². The van der Waals surface area contributed by atoms with Crippen LogP contribution in [0.5, 0.6) is 0 Å². The van der Waals surface area contributed by atoms with E-state index in [9.17, 15) is 0 Å². The molecule has 192 valence electrons. The van der Waals surface area contributed by atoms with Crippen LogP contribution in [0.4, 0.5) is 0 Å². The van der Waals surface area contributed by atoms with E-state index in [1.807, 2.05) is 0 Å². The van der Waals surface area contributed by atoms with Crippen molar-refractivity contribution in [1.29, 1.82) is 0 Å². The van der Waals surface area contributed by atoms with Crippen molar-refractivity contribution in [3.63, 3.8) is 0 Å². The number of hydrogen-bond donors (Lipinski definition) is 0. The molecule has 2 fully saturated rings. The molecule has 0 amide bonds. The largest absolute Gasteiger partial charge is 0.494 e. The molecule has 36 heavy (non-hydrogen) atoms. The van der Waals surface area contributed by atoms with Crippen molar-refractivity contribution in [3.8, 4) is 0 Å². The van der Waals surface area contributed by atoms with Crippen LogP contribution < -0.4 is 10.9 Å². The summed E-state index contributed by atoms with van der Waals surface area (Å²) >= 11 is 0. The maximum atomic E-state index is 6.51. The second-order valence-corrected chi connectivity index (χ2v) is 12.4. The highest BCUT2D eigenvalue weighted by Gasteiger charge is 2.54. The van der Waals surface area contributed by atoms with Gasteiger partial charge in [-0.1, -0.05) is 38.1 Å². The fourth-order valence-electron chi connectivity index (χ4n) is 5.45. The molecule has 2 aliphatic rings. The van der Waals surface area contributed by atoms with Crippen molar-refractivity contribution in [1.82, 2.24) is 4.57 Å². The summed E-state index contributed by atoms with van der Waals surface area (Å²) in [6.45, 7) is 21.5. The Hall–Kier alpha value is -1.79. The summed E-state index contributed by atoms with van der Waals surface area (Å²) in [5, 5.41) is 2.48. The lowest BCUT2D eigenvalue weighted by molar-refractivity contribution is -0.0118. The third kappa shape index (κ3) is 3.77. The Labute approximate surface area is 217 Å².